The van der Waals surface area contributed by atoms with E-state index in [1.165, 1.54) is 19.2 Å². The fourth-order valence-electron chi connectivity index (χ4n) is 3.34. The van der Waals surface area contributed by atoms with Crippen molar-refractivity contribution >= 4 is 5.97 Å². The smallest absolute Gasteiger partial charge is 0.313 e. The van der Waals surface area contributed by atoms with Gasteiger partial charge >= 0.3 is 5.97 Å². The highest BCUT2D eigenvalue weighted by Gasteiger charge is 2.42. The molecule has 25 heavy (non-hydrogen) atoms. The van der Waals surface area contributed by atoms with Crippen LogP contribution in [0, 0.1) is 11.2 Å². The number of carbonyl (C=O) groups is 1. The summed E-state index contributed by atoms with van der Waals surface area (Å²) >= 11 is 0. The Morgan fingerprint density at radius 2 is 2.36 bits per heavy atom. The van der Waals surface area contributed by atoms with Gasteiger partial charge in [0.05, 0.1) is 19.3 Å². The summed E-state index contributed by atoms with van der Waals surface area (Å²) in [6.07, 6.45) is 2.92. The third kappa shape index (κ3) is 3.88. The molecule has 0 saturated carbocycles. The van der Waals surface area contributed by atoms with Crippen LogP contribution in [0.5, 0.6) is 0 Å². The van der Waals surface area contributed by atoms with E-state index in [1.54, 1.807) is 18.3 Å². The van der Waals surface area contributed by atoms with Crippen molar-refractivity contribution in [3.63, 3.8) is 0 Å². The van der Waals surface area contributed by atoms with Crippen LogP contribution in [0.25, 0.3) is 11.3 Å². The molecule has 1 aliphatic rings. The highest BCUT2D eigenvalue weighted by Crippen LogP contribution is 2.32. The lowest BCUT2D eigenvalue weighted by Gasteiger charge is -2.38. The number of benzene rings is 1. The second-order valence-corrected chi connectivity index (χ2v) is 6.46. The molecule has 7 heteroatoms. The zero-order valence-corrected chi connectivity index (χ0v) is 14.1. The van der Waals surface area contributed by atoms with E-state index in [2.05, 4.69) is 4.98 Å². The van der Waals surface area contributed by atoms with Crippen LogP contribution in [0.2, 0.25) is 0 Å². The minimum absolute atomic E-state index is 0.180. The molecule has 1 N–H and O–H groups in total. The summed E-state index contributed by atoms with van der Waals surface area (Å²) in [5.74, 6) is -0.199. The summed E-state index contributed by atoms with van der Waals surface area (Å²) in [5.41, 5.74) is -0.276. The predicted octanol–water partition coefficient (Wildman–Crippen LogP) is 2.79. The van der Waals surface area contributed by atoms with Gasteiger partial charge in [-0.1, -0.05) is 12.1 Å². The second-order valence-electron chi connectivity index (χ2n) is 6.46. The van der Waals surface area contributed by atoms with Gasteiger partial charge in [-0.05, 0) is 31.5 Å². The molecule has 2 aromatic rings. The predicted molar refractivity (Wildman–Crippen MR) is 88.4 cm³/mol. The van der Waals surface area contributed by atoms with E-state index in [4.69, 9.17) is 9.15 Å². The van der Waals surface area contributed by atoms with Gasteiger partial charge in [-0.3, -0.25) is 9.69 Å². The van der Waals surface area contributed by atoms with Crippen LogP contribution < -0.4 is 0 Å². The number of aliphatic carboxylic acids is 1. The minimum Gasteiger partial charge on any atom is -0.481 e. The van der Waals surface area contributed by atoms with Crippen molar-refractivity contribution in [3.05, 3.63) is 42.2 Å². The number of aromatic nitrogens is 1. The largest absolute Gasteiger partial charge is 0.481 e. The SMILES string of the molecule is COCC1(C(=O)O)CCCN(Cc2ncc(-c3cccc(F)c3)o2)C1. The van der Waals surface area contributed by atoms with Gasteiger partial charge in [0, 0.05) is 19.2 Å². The molecule has 1 fully saturated rings. The topological polar surface area (TPSA) is 75.8 Å². The molecule has 0 aliphatic carbocycles. The molecule has 6 nitrogen and oxygen atoms in total. The van der Waals surface area contributed by atoms with Crippen molar-refractivity contribution in [3.8, 4) is 11.3 Å². The summed E-state index contributed by atoms with van der Waals surface area (Å²) in [5, 5.41) is 9.60. The van der Waals surface area contributed by atoms with Crippen molar-refractivity contribution in [1.82, 2.24) is 9.88 Å². The lowest BCUT2D eigenvalue weighted by atomic mass is 9.80. The van der Waals surface area contributed by atoms with Gasteiger partial charge in [0.1, 0.15) is 11.2 Å². The quantitative estimate of drug-likeness (QED) is 0.865. The Balaban J connectivity index is 1.71. The van der Waals surface area contributed by atoms with Crippen molar-refractivity contribution in [1.29, 1.82) is 0 Å². The number of rotatable bonds is 6. The molecule has 134 valence electrons. The number of likely N-dealkylation sites (tertiary alicyclic amines) is 1. The summed E-state index contributed by atoms with van der Waals surface area (Å²) in [4.78, 5) is 18.0. The van der Waals surface area contributed by atoms with Crippen molar-refractivity contribution < 1.29 is 23.4 Å². The number of methoxy groups -OCH3 is 1. The number of nitrogens with zero attached hydrogens (tertiary/aromatic N) is 2. The van der Waals surface area contributed by atoms with E-state index >= 15 is 0 Å². The number of carboxylic acid groups (broad SMARTS) is 1. The van der Waals surface area contributed by atoms with Crippen LogP contribution in [0.1, 0.15) is 18.7 Å². The van der Waals surface area contributed by atoms with E-state index in [0.29, 0.717) is 36.7 Å². The van der Waals surface area contributed by atoms with Gasteiger partial charge < -0.3 is 14.3 Å². The maximum atomic E-state index is 13.3. The van der Waals surface area contributed by atoms with Crippen molar-refractivity contribution in [2.24, 2.45) is 5.41 Å². The summed E-state index contributed by atoms with van der Waals surface area (Å²) in [6.45, 7) is 1.75. The molecule has 1 aromatic carbocycles. The normalized spacial score (nSPS) is 21.4. The van der Waals surface area contributed by atoms with Crippen LogP contribution >= 0.6 is 0 Å². The van der Waals surface area contributed by atoms with E-state index < -0.39 is 11.4 Å². The Kier molecular flexibility index (Phi) is 5.15. The monoisotopic (exact) mass is 348 g/mol. The molecule has 2 heterocycles. The van der Waals surface area contributed by atoms with Crippen LogP contribution in [0.15, 0.2) is 34.9 Å². The van der Waals surface area contributed by atoms with Crippen molar-refractivity contribution in [2.75, 3.05) is 26.8 Å². The first kappa shape index (κ1) is 17.6. The maximum absolute atomic E-state index is 13.3. The Bertz CT molecular complexity index is 744. The first-order valence-corrected chi connectivity index (χ1v) is 8.18. The Morgan fingerprint density at radius 3 is 3.08 bits per heavy atom. The zero-order valence-electron chi connectivity index (χ0n) is 14.1. The number of hydrogen-bond acceptors (Lipinski definition) is 5. The molecule has 0 amide bonds. The first-order valence-electron chi connectivity index (χ1n) is 8.18. The average Bonchev–Trinajstić information content (AvgIpc) is 3.04. The van der Waals surface area contributed by atoms with Gasteiger partial charge in [0.15, 0.2) is 5.76 Å². The molecule has 1 aliphatic heterocycles. The summed E-state index contributed by atoms with van der Waals surface area (Å²) in [7, 11) is 1.52. The molecular formula is C18H21FN2O4. The summed E-state index contributed by atoms with van der Waals surface area (Å²) < 4.78 is 24.2. The summed E-state index contributed by atoms with van der Waals surface area (Å²) in [6, 6.07) is 6.13. The van der Waals surface area contributed by atoms with E-state index in [1.807, 2.05) is 4.90 Å². The lowest BCUT2D eigenvalue weighted by molar-refractivity contribution is -0.157. The molecule has 0 radical (unpaired) electrons. The third-order valence-electron chi connectivity index (χ3n) is 4.55. The van der Waals surface area contributed by atoms with Gasteiger partial charge in [0.2, 0.25) is 5.89 Å². The fraction of sp³-hybridized carbons (Fsp3) is 0.444. The number of oxazole rings is 1. The van der Waals surface area contributed by atoms with Gasteiger partial charge in [-0.15, -0.1) is 0 Å². The maximum Gasteiger partial charge on any atom is 0.313 e. The standard InChI is InChI=1S/C18H21FN2O4/c1-24-12-18(17(22)23)6-3-7-21(11-18)10-16-20-9-15(25-16)13-4-2-5-14(19)8-13/h2,4-5,8-9H,3,6-7,10-12H2,1H3,(H,22,23). The average molecular weight is 348 g/mol. The first-order chi connectivity index (χ1) is 12.0. The minimum atomic E-state index is -0.898. The lowest BCUT2D eigenvalue weighted by Crippen LogP contribution is -2.50. The van der Waals surface area contributed by atoms with Gasteiger partial charge in [-0.25, -0.2) is 9.37 Å². The Morgan fingerprint density at radius 1 is 1.52 bits per heavy atom. The van der Waals surface area contributed by atoms with Crippen LogP contribution in [0.4, 0.5) is 4.39 Å². The molecule has 3 rings (SSSR count). The van der Waals surface area contributed by atoms with Gasteiger partial charge in [0.25, 0.3) is 0 Å². The molecule has 1 atom stereocenters. The van der Waals surface area contributed by atoms with E-state index in [0.717, 1.165) is 13.0 Å². The highest BCUT2D eigenvalue weighted by molar-refractivity contribution is 5.75. The molecule has 1 unspecified atom stereocenters. The van der Waals surface area contributed by atoms with E-state index in [-0.39, 0.29) is 12.4 Å². The number of piperidine rings is 1. The molecule has 0 bridgehead atoms. The number of ether oxygens (including phenoxy) is 1. The number of hydrogen-bond donors (Lipinski definition) is 1. The highest BCUT2D eigenvalue weighted by atomic mass is 19.1. The third-order valence-corrected chi connectivity index (χ3v) is 4.55. The molecule has 0 spiro atoms. The second kappa shape index (κ2) is 7.33. The molecule has 1 aromatic heterocycles. The van der Waals surface area contributed by atoms with E-state index in [9.17, 15) is 14.3 Å². The van der Waals surface area contributed by atoms with Gasteiger partial charge in [-0.2, -0.15) is 0 Å². The van der Waals surface area contributed by atoms with Crippen LogP contribution in [-0.4, -0.2) is 47.8 Å². The number of carboxylic acids is 1. The molecule has 1 saturated heterocycles. The Labute approximate surface area is 145 Å². The number of halogens is 1. The van der Waals surface area contributed by atoms with Crippen LogP contribution in [-0.2, 0) is 16.1 Å². The zero-order chi connectivity index (χ0) is 17.9. The van der Waals surface area contributed by atoms with Crippen LogP contribution in [0.3, 0.4) is 0 Å². The Hall–Kier alpha value is -2.25. The fourth-order valence-corrected chi connectivity index (χ4v) is 3.34. The molecular weight excluding hydrogens is 327 g/mol. The van der Waals surface area contributed by atoms with Crippen molar-refractivity contribution in [2.45, 2.75) is 19.4 Å².